The summed E-state index contributed by atoms with van der Waals surface area (Å²) in [5.41, 5.74) is 3.57. The number of carbonyl (C=O) groups excluding carboxylic acids is 1. The Hall–Kier alpha value is -1.23. The van der Waals surface area contributed by atoms with E-state index in [0.717, 1.165) is 30.7 Å². The first-order valence-corrected chi connectivity index (χ1v) is 6.04. The van der Waals surface area contributed by atoms with Crippen LogP contribution in [0.5, 0.6) is 0 Å². The topological polar surface area (TPSA) is 50.8 Å². The van der Waals surface area contributed by atoms with Crippen molar-refractivity contribution in [1.82, 2.24) is 10.4 Å². The summed E-state index contributed by atoms with van der Waals surface area (Å²) in [6, 6.07) is 0. The summed E-state index contributed by atoms with van der Waals surface area (Å²) < 4.78 is 5.38. The number of amides is 1. The average Bonchev–Trinajstić information content (AvgIpc) is 2.53. The standard InChI is InChI=1S/C12H20N2O3/c1-12(2,3)16-11(15)14-6-4-5-10-9(8-14)7-13-17-10/h13H,4-8H2,1-3H3. The maximum absolute atomic E-state index is 12.0. The molecule has 17 heavy (non-hydrogen) atoms. The fourth-order valence-electron chi connectivity index (χ4n) is 1.98. The Bertz CT molecular complexity index is 344. The molecule has 0 unspecified atom stereocenters. The molecule has 2 aliphatic rings. The lowest BCUT2D eigenvalue weighted by Gasteiger charge is -2.26. The van der Waals surface area contributed by atoms with Crippen molar-refractivity contribution in [3.63, 3.8) is 0 Å². The molecular weight excluding hydrogens is 220 g/mol. The number of nitrogens with zero attached hydrogens (tertiary/aromatic N) is 1. The van der Waals surface area contributed by atoms with Crippen molar-refractivity contribution in [2.75, 3.05) is 19.6 Å². The van der Waals surface area contributed by atoms with Gasteiger partial charge in [0.25, 0.3) is 0 Å². The summed E-state index contributed by atoms with van der Waals surface area (Å²) >= 11 is 0. The summed E-state index contributed by atoms with van der Waals surface area (Å²) in [5, 5.41) is 0. The Morgan fingerprint density at radius 3 is 2.94 bits per heavy atom. The van der Waals surface area contributed by atoms with Crippen LogP contribution in [-0.4, -0.2) is 36.2 Å². The molecule has 1 N–H and O–H groups in total. The Kier molecular flexibility index (Phi) is 3.28. The van der Waals surface area contributed by atoms with Crippen LogP contribution in [0.25, 0.3) is 0 Å². The smallest absolute Gasteiger partial charge is 0.410 e. The zero-order valence-electron chi connectivity index (χ0n) is 10.7. The van der Waals surface area contributed by atoms with Gasteiger partial charge in [-0.25, -0.2) is 4.79 Å². The zero-order valence-corrected chi connectivity index (χ0v) is 10.7. The Morgan fingerprint density at radius 2 is 2.24 bits per heavy atom. The molecule has 5 heteroatoms. The largest absolute Gasteiger partial charge is 0.444 e. The molecule has 0 fully saturated rings. The molecule has 2 heterocycles. The minimum absolute atomic E-state index is 0.238. The fraction of sp³-hybridized carbons (Fsp3) is 0.750. The molecule has 5 nitrogen and oxygen atoms in total. The highest BCUT2D eigenvalue weighted by Crippen LogP contribution is 2.22. The van der Waals surface area contributed by atoms with Gasteiger partial charge in [-0.3, -0.25) is 0 Å². The summed E-state index contributed by atoms with van der Waals surface area (Å²) in [5.74, 6) is 0.996. The van der Waals surface area contributed by atoms with Crippen molar-refractivity contribution in [3.05, 3.63) is 11.3 Å². The summed E-state index contributed by atoms with van der Waals surface area (Å²) in [6.07, 6.45) is 1.57. The van der Waals surface area contributed by atoms with Gasteiger partial charge in [0.1, 0.15) is 11.4 Å². The second-order valence-electron chi connectivity index (χ2n) is 5.46. The third-order valence-corrected chi connectivity index (χ3v) is 2.74. The van der Waals surface area contributed by atoms with E-state index in [1.807, 2.05) is 20.8 Å². The number of carbonyl (C=O) groups is 1. The highest BCUT2D eigenvalue weighted by atomic mass is 16.7. The molecule has 2 aliphatic heterocycles. The molecule has 0 saturated heterocycles. The second-order valence-corrected chi connectivity index (χ2v) is 5.46. The van der Waals surface area contributed by atoms with Gasteiger partial charge in [-0.2, -0.15) is 5.48 Å². The first kappa shape index (κ1) is 12.2. The normalized spacial score (nSPS) is 20.8. The van der Waals surface area contributed by atoms with Gasteiger partial charge in [0.2, 0.25) is 0 Å². The monoisotopic (exact) mass is 240 g/mol. The third kappa shape index (κ3) is 3.12. The molecule has 0 radical (unpaired) electrons. The molecule has 0 atom stereocenters. The van der Waals surface area contributed by atoms with Crippen molar-refractivity contribution in [1.29, 1.82) is 0 Å². The van der Waals surface area contributed by atoms with E-state index in [-0.39, 0.29) is 6.09 Å². The van der Waals surface area contributed by atoms with Crippen LogP contribution in [0, 0.1) is 0 Å². The lowest BCUT2D eigenvalue weighted by molar-refractivity contribution is 0.0266. The van der Waals surface area contributed by atoms with E-state index in [9.17, 15) is 4.79 Å². The predicted octanol–water partition coefficient (Wildman–Crippen LogP) is 1.81. The summed E-state index contributed by atoms with van der Waals surface area (Å²) in [6.45, 7) is 7.69. The van der Waals surface area contributed by atoms with E-state index in [1.165, 1.54) is 0 Å². The highest BCUT2D eigenvalue weighted by Gasteiger charge is 2.27. The van der Waals surface area contributed by atoms with Gasteiger partial charge in [0, 0.05) is 18.5 Å². The van der Waals surface area contributed by atoms with Gasteiger partial charge in [-0.1, -0.05) is 0 Å². The lowest BCUT2D eigenvalue weighted by atomic mass is 10.2. The molecule has 0 aromatic heterocycles. The molecular formula is C12H20N2O3. The second kappa shape index (κ2) is 4.56. The number of allylic oxidation sites excluding steroid dienone is 1. The van der Waals surface area contributed by atoms with E-state index < -0.39 is 5.60 Å². The first-order chi connectivity index (χ1) is 7.96. The molecule has 0 aromatic carbocycles. The van der Waals surface area contributed by atoms with Gasteiger partial charge >= 0.3 is 6.09 Å². The quantitative estimate of drug-likeness (QED) is 0.701. The van der Waals surface area contributed by atoms with Crippen LogP contribution in [-0.2, 0) is 9.57 Å². The van der Waals surface area contributed by atoms with Crippen LogP contribution in [0.2, 0.25) is 0 Å². The van der Waals surface area contributed by atoms with Gasteiger partial charge in [0.15, 0.2) is 0 Å². The Labute approximate surface area is 102 Å². The first-order valence-electron chi connectivity index (χ1n) is 6.04. The minimum Gasteiger partial charge on any atom is -0.444 e. The lowest BCUT2D eigenvalue weighted by Crippen LogP contribution is -2.38. The fourth-order valence-corrected chi connectivity index (χ4v) is 1.98. The van der Waals surface area contributed by atoms with Gasteiger partial charge in [-0.05, 0) is 27.2 Å². The highest BCUT2D eigenvalue weighted by molar-refractivity contribution is 5.68. The van der Waals surface area contributed by atoms with Gasteiger partial charge in [-0.15, -0.1) is 0 Å². The van der Waals surface area contributed by atoms with Crippen molar-refractivity contribution in [3.8, 4) is 0 Å². The molecule has 96 valence electrons. The molecule has 1 amide bonds. The van der Waals surface area contributed by atoms with Gasteiger partial charge in [0.05, 0.1) is 13.1 Å². The summed E-state index contributed by atoms with van der Waals surface area (Å²) in [7, 11) is 0. The average molecular weight is 240 g/mol. The maximum Gasteiger partial charge on any atom is 0.410 e. The molecule has 2 rings (SSSR count). The van der Waals surface area contributed by atoms with Crippen LogP contribution in [0.4, 0.5) is 4.79 Å². The Balaban J connectivity index is 2.00. The van der Waals surface area contributed by atoms with Crippen molar-refractivity contribution in [2.24, 2.45) is 0 Å². The zero-order chi connectivity index (χ0) is 12.5. The number of rotatable bonds is 0. The van der Waals surface area contributed by atoms with Crippen LogP contribution in [0.1, 0.15) is 33.6 Å². The molecule has 0 bridgehead atoms. The van der Waals surface area contributed by atoms with E-state index in [4.69, 9.17) is 9.57 Å². The number of nitrogens with one attached hydrogen (secondary N) is 1. The van der Waals surface area contributed by atoms with Crippen LogP contribution >= 0.6 is 0 Å². The maximum atomic E-state index is 12.0. The van der Waals surface area contributed by atoms with Crippen LogP contribution < -0.4 is 5.48 Å². The van der Waals surface area contributed by atoms with E-state index in [0.29, 0.717) is 13.1 Å². The van der Waals surface area contributed by atoms with Crippen molar-refractivity contribution in [2.45, 2.75) is 39.2 Å². The van der Waals surface area contributed by atoms with Crippen molar-refractivity contribution < 1.29 is 14.4 Å². The SMILES string of the molecule is CC(C)(C)OC(=O)N1CCCC2=C(CNO2)C1. The molecule has 0 saturated carbocycles. The van der Waals surface area contributed by atoms with Crippen LogP contribution in [0.3, 0.4) is 0 Å². The molecule has 0 aliphatic carbocycles. The van der Waals surface area contributed by atoms with E-state index in [2.05, 4.69) is 5.48 Å². The van der Waals surface area contributed by atoms with Crippen LogP contribution in [0.15, 0.2) is 11.3 Å². The number of ether oxygens (including phenoxy) is 1. The number of hydroxylamine groups is 1. The number of hydrogen-bond donors (Lipinski definition) is 1. The van der Waals surface area contributed by atoms with Crippen molar-refractivity contribution >= 4 is 6.09 Å². The predicted molar refractivity (Wildman–Crippen MR) is 63.2 cm³/mol. The van der Waals surface area contributed by atoms with E-state index in [1.54, 1.807) is 4.90 Å². The van der Waals surface area contributed by atoms with Gasteiger partial charge < -0.3 is 14.5 Å². The minimum atomic E-state index is -0.439. The summed E-state index contributed by atoms with van der Waals surface area (Å²) in [4.78, 5) is 19.0. The molecule has 0 spiro atoms. The third-order valence-electron chi connectivity index (χ3n) is 2.74. The molecule has 0 aromatic rings. The van der Waals surface area contributed by atoms with E-state index >= 15 is 0 Å². The number of hydrogen-bond acceptors (Lipinski definition) is 4. The Morgan fingerprint density at radius 1 is 1.47 bits per heavy atom.